The topological polar surface area (TPSA) is 66.5 Å². The van der Waals surface area contributed by atoms with Crippen molar-refractivity contribution < 1.29 is 13.2 Å². The molecular formula is C21H28N2O3S2. The molecule has 0 bridgehead atoms. The molecule has 0 saturated carbocycles. The summed E-state index contributed by atoms with van der Waals surface area (Å²) in [5.74, 6) is 0.540. The molecular weight excluding hydrogens is 392 g/mol. The number of sulfonamides is 1. The molecule has 0 heterocycles. The summed E-state index contributed by atoms with van der Waals surface area (Å²) in [4.78, 5) is 14.1. The minimum atomic E-state index is -3.65. The fraction of sp³-hybridized carbons (Fsp3) is 0.381. The summed E-state index contributed by atoms with van der Waals surface area (Å²) in [6.45, 7) is 7.69. The van der Waals surface area contributed by atoms with Crippen molar-refractivity contribution in [3.8, 4) is 0 Å². The number of nitrogens with one attached hydrogen (secondary N) is 1. The van der Waals surface area contributed by atoms with Gasteiger partial charge < -0.3 is 5.32 Å². The van der Waals surface area contributed by atoms with Gasteiger partial charge >= 0.3 is 0 Å². The van der Waals surface area contributed by atoms with Crippen LogP contribution in [0.3, 0.4) is 0 Å². The van der Waals surface area contributed by atoms with E-state index in [9.17, 15) is 13.2 Å². The highest BCUT2D eigenvalue weighted by Gasteiger charge is 2.32. The Bertz CT molecular complexity index is 922. The monoisotopic (exact) mass is 420 g/mol. The van der Waals surface area contributed by atoms with Crippen LogP contribution < -0.4 is 9.62 Å². The van der Waals surface area contributed by atoms with Gasteiger partial charge in [-0.2, -0.15) is 0 Å². The van der Waals surface area contributed by atoms with E-state index in [1.54, 1.807) is 23.9 Å². The molecule has 0 aliphatic carbocycles. The zero-order chi connectivity index (χ0) is 20.9. The minimum absolute atomic E-state index is 0.337. The van der Waals surface area contributed by atoms with E-state index in [4.69, 9.17) is 0 Å². The van der Waals surface area contributed by atoms with Gasteiger partial charge in [0, 0.05) is 4.90 Å². The van der Waals surface area contributed by atoms with Gasteiger partial charge in [0.1, 0.15) is 6.04 Å². The maximum atomic E-state index is 13.1. The van der Waals surface area contributed by atoms with Crippen molar-refractivity contribution in [3.05, 3.63) is 53.6 Å². The Labute approximate surface area is 172 Å². The number of hydrogen-bond donors (Lipinski definition) is 1. The lowest BCUT2D eigenvalue weighted by atomic mass is 10.1. The molecule has 1 amide bonds. The number of hydrogen-bond acceptors (Lipinski definition) is 4. The summed E-state index contributed by atoms with van der Waals surface area (Å²) in [7, 11) is -3.65. The van der Waals surface area contributed by atoms with E-state index in [1.165, 1.54) is 4.31 Å². The maximum absolute atomic E-state index is 13.1. The standard InChI is InChI=1S/C21H28N2O3S2/c1-6-19(21(24)22-18-10-8-9-11-20(18)27-7-2)23(28(5,25)26)17-13-15(3)12-16(4)14-17/h8-14,19H,6-7H2,1-5H3,(H,22,24). The highest BCUT2D eigenvalue weighted by molar-refractivity contribution is 7.99. The minimum Gasteiger partial charge on any atom is -0.323 e. The number of aryl methyl sites for hydroxylation is 2. The maximum Gasteiger partial charge on any atom is 0.248 e. The Morgan fingerprint density at radius 2 is 1.71 bits per heavy atom. The number of benzene rings is 2. The molecule has 7 heteroatoms. The van der Waals surface area contributed by atoms with Crippen LogP contribution in [0.5, 0.6) is 0 Å². The fourth-order valence-electron chi connectivity index (χ4n) is 3.21. The van der Waals surface area contributed by atoms with Gasteiger partial charge in [0.15, 0.2) is 0 Å². The lowest BCUT2D eigenvalue weighted by Gasteiger charge is -2.30. The average Bonchev–Trinajstić information content (AvgIpc) is 2.59. The number of carbonyl (C=O) groups is 1. The number of para-hydroxylation sites is 1. The highest BCUT2D eigenvalue weighted by atomic mass is 32.2. The Kier molecular flexibility index (Phi) is 7.55. The molecule has 1 N–H and O–H groups in total. The largest absolute Gasteiger partial charge is 0.323 e. The Hall–Kier alpha value is -1.99. The van der Waals surface area contributed by atoms with Crippen molar-refractivity contribution in [2.75, 3.05) is 21.6 Å². The third-order valence-electron chi connectivity index (χ3n) is 4.24. The molecule has 0 aromatic heterocycles. The van der Waals surface area contributed by atoms with Gasteiger partial charge in [-0.15, -0.1) is 11.8 Å². The molecule has 28 heavy (non-hydrogen) atoms. The van der Waals surface area contributed by atoms with Crippen LogP contribution in [0.2, 0.25) is 0 Å². The molecule has 2 aromatic rings. The van der Waals surface area contributed by atoms with Crippen LogP contribution >= 0.6 is 11.8 Å². The van der Waals surface area contributed by atoms with Crippen LogP contribution in [-0.4, -0.2) is 32.4 Å². The molecule has 0 saturated heterocycles. The Balaban J connectivity index is 2.43. The second-order valence-electron chi connectivity index (χ2n) is 6.75. The van der Waals surface area contributed by atoms with Gasteiger partial charge in [0.2, 0.25) is 15.9 Å². The number of nitrogens with zero attached hydrogens (tertiary/aromatic N) is 1. The summed E-state index contributed by atoms with van der Waals surface area (Å²) in [5.41, 5.74) is 3.11. The van der Waals surface area contributed by atoms with E-state index in [-0.39, 0.29) is 5.91 Å². The normalized spacial score (nSPS) is 12.5. The summed E-state index contributed by atoms with van der Waals surface area (Å²) < 4.78 is 26.5. The van der Waals surface area contributed by atoms with Crippen molar-refractivity contribution in [3.63, 3.8) is 0 Å². The van der Waals surface area contributed by atoms with Crippen LogP contribution in [0.1, 0.15) is 31.4 Å². The third kappa shape index (κ3) is 5.52. The number of anilines is 2. The summed E-state index contributed by atoms with van der Waals surface area (Å²) in [6, 6.07) is 12.3. The first kappa shape index (κ1) is 22.3. The van der Waals surface area contributed by atoms with Gasteiger partial charge in [0.05, 0.1) is 17.6 Å². The molecule has 0 radical (unpaired) electrons. The number of thioether (sulfide) groups is 1. The van der Waals surface area contributed by atoms with E-state index < -0.39 is 16.1 Å². The second kappa shape index (κ2) is 9.47. The molecule has 0 spiro atoms. The first-order valence-corrected chi connectivity index (χ1v) is 12.1. The number of amides is 1. The number of carbonyl (C=O) groups excluding carboxylic acids is 1. The van der Waals surface area contributed by atoms with Gasteiger partial charge in [-0.05, 0) is 61.4 Å². The molecule has 0 aliphatic rings. The lowest BCUT2D eigenvalue weighted by Crippen LogP contribution is -2.47. The van der Waals surface area contributed by atoms with Crippen LogP contribution in [0.25, 0.3) is 0 Å². The van der Waals surface area contributed by atoms with Crippen molar-refractivity contribution in [1.82, 2.24) is 0 Å². The summed E-state index contributed by atoms with van der Waals surface area (Å²) in [5, 5.41) is 2.93. The van der Waals surface area contributed by atoms with E-state index in [0.29, 0.717) is 17.8 Å². The van der Waals surface area contributed by atoms with Crippen molar-refractivity contribution in [2.45, 2.75) is 45.1 Å². The molecule has 1 atom stereocenters. The Morgan fingerprint density at radius 1 is 1.11 bits per heavy atom. The molecule has 0 fully saturated rings. The van der Waals surface area contributed by atoms with Gasteiger partial charge in [-0.25, -0.2) is 8.42 Å². The summed E-state index contributed by atoms with van der Waals surface area (Å²) >= 11 is 1.63. The molecule has 2 rings (SSSR count). The van der Waals surface area contributed by atoms with Crippen LogP contribution in [0.15, 0.2) is 47.4 Å². The molecule has 0 aliphatic heterocycles. The fourth-order valence-corrected chi connectivity index (χ4v) is 5.16. The van der Waals surface area contributed by atoms with Gasteiger partial charge in [-0.3, -0.25) is 9.10 Å². The Morgan fingerprint density at radius 3 is 2.25 bits per heavy atom. The molecule has 1 unspecified atom stereocenters. The van der Waals surface area contributed by atoms with E-state index in [2.05, 4.69) is 5.32 Å². The first-order valence-electron chi connectivity index (χ1n) is 9.27. The van der Waals surface area contributed by atoms with Gasteiger partial charge in [-0.1, -0.05) is 32.0 Å². The molecule has 5 nitrogen and oxygen atoms in total. The molecule has 2 aromatic carbocycles. The zero-order valence-electron chi connectivity index (χ0n) is 17.0. The molecule has 152 valence electrons. The van der Waals surface area contributed by atoms with Crippen LogP contribution in [0.4, 0.5) is 11.4 Å². The van der Waals surface area contributed by atoms with Gasteiger partial charge in [0.25, 0.3) is 0 Å². The highest BCUT2D eigenvalue weighted by Crippen LogP contribution is 2.29. The average molecular weight is 421 g/mol. The quantitative estimate of drug-likeness (QED) is 0.634. The number of rotatable bonds is 8. The van der Waals surface area contributed by atoms with Crippen molar-refractivity contribution in [2.24, 2.45) is 0 Å². The second-order valence-corrected chi connectivity index (χ2v) is 9.91. The summed E-state index contributed by atoms with van der Waals surface area (Å²) in [6.07, 6.45) is 1.50. The zero-order valence-corrected chi connectivity index (χ0v) is 18.7. The third-order valence-corrected chi connectivity index (χ3v) is 6.37. The SMILES string of the molecule is CCSc1ccccc1NC(=O)C(CC)N(c1cc(C)cc(C)c1)S(C)(=O)=O. The van der Waals surface area contributed by atoms with E-state index in [0.717, 1.165) is 28.0 Å². The van der Waals surface area contributed by atoms with Crippen LogP contribution in [-0.2, 0) is 14.8 Å². The lowest BCUT2D eigenvalue weighted by molar-refractivity contribution is -0.117. The van der Waals surface area contributed by atoms with E-state index in [1.807, 2.05) is 58.0 Å². The first-order chi connectivity index (χ1) is 13.2. The smallest absolute Gasteiger partial charge is 0.248 e. The van der Waals surface area contributed by atoms with Crippen LogP contribution in [0, 0.1) is 13.8 Å². The van der Waals surface area contributed by atoms with Crippen molar-refractivity contribution in [1.29, 1.82) is 0 Å². The van der Waals surface area contributed by atoms with E-state index >= 15 is 0 Å². The van der Waals surface area contributed by atoms with Crippen molar-refractivity contribution >= 4 is 39.1 Å². The predicted molar refractivity (Wildman–Crippen MR) is 119 cm³/mol. The predicted octanol–water partition coefficient (Wildman–Crippen LogP) is 4.60.